The minimum absolute atomic E-state index is 0.161. The first-order chi connectivity index (χ1) is 9.04. The van der Waals surface area contributed by atoms with Crippen molar-refractivity contribution in [1.82, 2.24) is 19.6 Å². The van der Waals surface area contributed by atoms with Crippen LogP contribution in [0.3, 0.4) is 0 Å². The van der Waals surface area contributed by atoms with E-state index in [1.807, 2.05) is 6.92 Å². The van der Waals surface area contributed by atoms with Gasteiger partial charge in [0.1, 0.15) is 10.3 Å². The highest BCUT2D eigenvalue weighted by Gasteiger charge is 2.09. The summed E-state index contributed by atoms with van der Waals surface area (Å²) in [5, 5.41) is 11.2. The number of halogens is 1. The highest BCUT2D eigenvalue weighted by molar-refractivity contribution is 9.10. The third kappa shape index (κ3) is 2.62. The molecule has 2 rings (SSSR count). The SMILES string of the molecule is CCn1ncc(NCc2cnn(C)c2N)c(Br)c1=O. The Morgan fingerprint density at radius 1 is 1.42 bits per heavy atom. The van der Waals surface area contributed by atoms with Crippen LogP contribution >= 0.6 is 15.9 Å². The first kappa shape index (κ1) is 13.6. The molecule has 8 heteroatoms. The summed E-state index contributed by atoms with van der Waals surface area (Å²) >= 11 is 3.28. The molecule has 0 aliphatic heterocycles. The monoisotopic (exact) mass is 326 g/mol. The molecule has 0 amide bonds. The molecule has 0 spiro atoms. The molecule has 0 atom stereocenters. The van der Waals surface area contributed by atoms with Crippen LogP contribution in [0.5, 0.6) is 0 Å². The van der Waals surface area contributed by atoms with Crippen LogP contribution in [0, 0.1) is 0 Å². The van der Waals surface area contributed by atoms with Crippen molar-refractivity contribution in [3.05, 3.63) is 32.8 Å². The van der Waals surface area contributed by atoms with E-state index in [0.29, 0.717) is 29.1 Å². The van der Waals surface area contributed by atoms with Crippen LogP contribution in [-0.2, 0) is 20.1 Å². The molecule has 2 heterocycles. The zero-order valence-corrected chi connectivity index (χ0v) is 12.3. The number of nitrogens with one attached hydrogen (secondary N) is 1. The number of nitrogens with two attached hydrogens (primary N) is 1. The molecule has 0 radical (unpaired) electrons. The van der Waals surface area contributed by atoms with Gasteiger partial charge in [-0.1, -0.05) is 0 Å². The summed E-state index contributed by atoms with van der Waals surface area (Å²) < 4.78 is 3.44. The normalized spacial score (nSPS) is 10.7. The van der Waals surface area contributed by atoms with Crippen molar-refractivity contribution in [2.24, 2.45) is 7.05 Å². The fourth-order valence-corrected chi connectivity index (χ4v) is 2.08. The Morgan fingerprint density at radius 3 is 2.74 bits per heavy atom. The molecule has 0 aliphatic rings. The number of hydrogen-bond donors (Lipinski definition) is 2. The molecule has 2 aromatic heterocycles. The Kier molecular flexibility index (Phi) is 3.89. The standard InChI is InChI=1S/C11H15BrN6O/c1-3-18-11(19)9(12)8(6-16-18)14-4-7-5-15-17(2)10(7)13/h5-6,14H,3-4,13H2,1-2H3. The minimum Gasteiger partial charge on any atom is -0.384 e. The van der Waals surface area contributed by atoms with Gasteiger partial charge in [-0.3, -0.25) is 9.48 Å². The van der Waals surface area contributed by atoms with Crippen molar-refractivity contribution >= 4 is 27.4 Å². The Bertz CT molecular complexity index is 647. The Labute approximate surface area is 118 Å². The van der Waals surface area contributed by atoms with E-state index >= 15 is 0 Å². The number of anilines is 2. The zero-order chi connectivity index (χ0) is 14.0. The third-order valence-corrected chi connectivity index (χ3v) is 3.58. The van der Waals surface area contributed by atoms with Crippen molar-refractivity contribution in [3.8, 4) is 0 Å². The average molecular weight is 327 g/mol. The molecule has 0 aliphatic carbocycles. The Hall–Kier alpha value is -1.83. The molecule has 19 heavy (non-hydrogen) atoms. The maximum Gasteiger partial charge on any atom is 0.283 e. The van der Waals surface area contributed by atoms with E-state index in [1.54, 1.807) is 24.1 Å². The van der Waals surface area contributed by atoms with Gasteiger partial charge in [0, 0.05) is 25.7 Å². The molecule has 0 unspecified atom stereocenters. The predicted octanol–water partition coefficient (Wildman–Crippen LogP) is 0.953. The lowest BCUT2D eigenvalue weighted by Gasteiger charge is -2.09. The lowest BCUT2D eigenvalue weighted by Crippen LogP contribution is -2.23. The zero-order valence-electron chi connectivity index (χ0n) is 10.7. The molecular formula is C11H15BrN6O. The maximum absolute atomic E-state index is 11.9. The van der Waals surface area contributed by atoms with Crippen molar-refractivity contribution in [1.29, 1.82) is 0 Å². The van der Waals surface area contributed by atoms with Gasteiger partial charge in [0.15, 0.2) is 0 Å². The average Bonchev–Trinajstić information content (AvgIpc) is 2.72. The first-order valence-electron chi connectivity index (χ1n) is 5.80. The molecule has 2 aromatic rings. The van der Waals surface area contributed by atoms with E-state index in [2.05, 4.69) is 31.4 Å². The van der Waals surface area contributed by atoms with Crippen molar-refractivity contribution in [3.63, 3.8) is 0 Å². The molecule has 0 bridgehead atoms. The lowest BCUT2D eigenvalue weighted by atomic mass is 10.3. The molecule has 0 fully saturated rings. The van der Waals surface area contributed by atoms with Gasteiger partial charge in [-0.25, -0.2) is 4.68 Å². The van der Waals surface area contributed by atoms with E-state index in [-0.39, 0.29) is 5.56 Å². The van der Waals surface area contributed by atoms with E-state index in [0.717, 1.165) is 5.56 Å². The van der Waals surface area contributed by atoms with E-state index in [9.17, 15) is 4.79 Å². The smallest absolute Gasteiger partial charge is 0.283 e. The molecule has 0 aromatic carbocycles. The quantitative estimate of drug-likeness (QED) is 0.873. The van der Waals surface area contributed by atoms with E-state index < -0.39 is 0 Å². The fourth-order valence-electron chi connectivity index (χ4n) is 1.63. The lowest BCUT2D eigenvalue weighted by molar-refractivity contribution is 0.613. The van der Waals surface area contributed by atoms with Crippen molar-refractivity contribution in [2.45, 2.75) is 20.0 Å². The van der Waals surface area contributed by atoms with Gasteiger partial charge in [-0.05, 0) is 22.9 Å². The van der Waals surface area contributed by atoms with Crippen molar-refractivity contribution in [2.75, 3.05) is 11.1 Å². The summed E-state index contributed by atoms with van der Waals surface area (Å²) in [5.41, 5.74) is 7.19. The summed E-state index contributed by atoms with van der Waals surface area (Å²) in [7, 11) is 1.78. The van der Waals surface area contributed by atoms with Gasteiger partial charge < -0.3 is 11.1 Å². The molecule has 0 saturated heterocycles. The van der Waals surface area contributed by atoms with E-state index in [1.165, 1.54) is 4.68 Å². The molecular weight excluding hydrogens is 312 g/mol. The molecule has 7 nitrogen and oxygen atoms in total. The van der Waals surface area contributed by atoms with Gasteiger partial charge in [-0.2, -0.15) is 10.2 Å². The molecule has 3 N–H and O–H groups in total. The van der Waals surface area contributed by atoms with Crippen LogP contribution in [-0.4, -0.2) is 19.6 Å². The van der Waals surface area contributed by atoms with E-state index in [4.69, 9.17) is 5.73 Å². The number of nitrogen functional groups attached to an aromatic ring is 1. The highest BCUT2D eigenvalue weighted by atomic mass is 79.9. The summed E-state index contributed by atoms with van der Waals surface area (Å²) in [5.74, 6) is 0.596. The van der Waals surface area contributed by atoms with Crippen molar-refractivity contribution < 1.29 is 0 Å². The van der Waals surface area contributed by atoms with Crippen LogP contribution in [0.1, 0.15) is 12.5 Å². The van der Waals surface area contributed by atoms with Crippen LogP contribution < -0.4 is 16.6 Å². The summed E-state index contributed by atoms with van der Waals surface area (Å²) in [6.07, 6.45) is 3.30. The summed E-state index contributed by atoms with van der Waals surface area (Å²) in [4.78, 5) is 11.9. The largest absolute Gasteiger partial charge is 0.384 e. The van der Waals surface area contributed by atoms with Gasteiger partial charge in [-0.15, -0.1) is 0 Å². The second-order valence-corrected chi connectivity index (χ2v) is 4.82. The van der Waals surface area contributed by atoms with Gasteiger partial charge in [0.2, 0.25) is 0 Å². The number of hydrogen-bond acceptors (Lipinski definition) is 5. The first-order valence-corrected chi connectivity index (χ1v) is 6.59. The fraction of sp³-hybridized carbons (Fsp3) is 0.364. The minimum atomic E-state index is -0.161. The van der Waals surface area contributed by atoms with Crippen LogP contribution in [0.4, 0.5) is 11.5 Å². The molecule has 0 saturated carbocycles. The number of rotatable bonds is 4. The maximum atomic E-state index is 11.9. The van der Waals surface area contributed by atoms with Crippen LogP contribution in [0.2, 0.25) is 0 Å². The second kappa shape index (κ2) is 5.43. The second-order valence-electron chi connectivity index (χ2n) is 4.03. The Morgan fingerprint density at radius 2 is 2.16 bits per heavy atom. The molecule has 102 valence electrons. The summed E-state index contributed by atoms with van der Waals surface area (Å²) in [6, 6.07) is 0. The number of aryl methyl sites for hydroxylation is 2. The van der Waals surface area contributed by atoms with Gasteiger partial charge in [0.25, 0.3) is 5.56 Å². The third-order valence-electron chi connectivity index (χ3n) is 2.82. The number of nitrogens with zero attached hydrogens (tertiary/aromatic N) is 4. The Balaban J connectivity index is 2.19. The van der Waals surface area contributed by atoms with Gasteiger partial charge in [0.05, 0.1) is 18.1 Å². The topological polar surface area (TPSA) is 90.8 Å². The predicted molar refractivity (Wildman–Crippen MR) is 76.8 cm³/mol. The number of aromatic nitrogens is 4. The van der Waals surface area contributed by atoms with Crippen LogP contribution in [0.25, 0.3) is 0 Å². The van der Waals surface area contributed by atoms with Gasteiger partial charge >= 0.3 is 0 Å². The summed E-state index contributed by atoms with van der Waals surface area (Å²) in [6.45, 7) is 2.88. The van der Waals surface area contributed by atoms with Crippen LogP contribution in [0.15, 0.2) is 21.7 Å². The highest BCUT2D eigenvalue weighted by Crippen LogP contribution is 2.18.